The highest BCUT2D eigenvalue weighted by molar-refractivity contribution is 5.99. The van der Waals surface area contributed by atoms with Crippen LogP contribution < -0.4 is 14.2 Å². The number of nitrogens with zero attached hydrogens (tertiary/aromatic N) is 2. The molecule has 0 atom stereocenters. The highest BCUT2D eigenvalue weighted by Crippen LogP contribution is 2.41. The number of methoxy groups -OCH3 is 3. The smallest absolute Gasteiger partial charge is 0.285 e. The number of carbonyl (C=O) groups is 1. The van der Waals surface area contributed by atoms with E-state index in [0.717, 1.165) is 11.1 Å². The molecule has 0 radical (unpaired) electrons. The number of aryl methyl sites for hydroxylation is 1. The molecule has 1 amide bonds. The molecule has 0 spiro atoms. The number of nitro benzene ring substituents is 1. The zero-order chi connectivity index (χ0) is 21.8. The zero-order valence-electron chi connectivity index (χ0n) is 17.4. The lowest BCUT2D eigenvalue weighted by molar-refractivity contribution is -0.385. The second-order valence-corrected chi connectivity index (χ2v) is 6.87. The van der Waals surface area contributed by atoms with Gasteiger partial charge in [0, 0.05) is 30.8 Å². The Morgan fingerprint density at radius 2 is 1.77 bits per heavy atom. The van der Waals surface area contributed by atoms with Crippen LogP contribution in [0.2, 0.25) is 0 Å². The highest BCUT2D eigenvalue weighted by atomic mass is 16.6. The molecule has 2 aromatic rings. The van der Waals surface area contributed by atoms with Crippen molar-refractivity contribution in [3.63, 3.8) is 0 Å². The molecule has 0 aromatic heterocycles. The van der Waals surface area contributed by atoms with Gasteiger partial charge in [0.15, 0.2) is 0 Å². The third-order valence-corrected chi connectivity index (χ3v) is 5.18. The van der Waals surface area contributed by atoms with Gasteiger partial charge in [0.2, 0.25) is 0 Å². The number of rotatable bonds is 6. The first-order valence-corrected chi connectivity index (χ1v) is 9.44. The van der Waals surface area contributed by atoms with E-state index in [1.165, 1.54) is 6.07 Å². The van der Waals surface area contributed by atoms with Crippen LogP contribution in [0.3, 0.4) is 0 Å². The summed E-state index contributed by atoms with van der Waals surface area (Å²) in [5.41, 5.74) is 2.22. The molecule has 3 rings (SSSR count). The molecule has 30 heavy (non-hydrogen) atoms. The average Bonchev–Trinajstić information content (AvgIpc) is 2.77. The lowest BCUT2D eigenvalue weighted by atomic mass is 9.96. The second-order valence-electron chi connectivity index (χ2n) is 6.87. The lowest BCUT2D eigenvalue weighted by Gasteiger charge is -2.28. The molecule has 2 aromatic carbocycles. The number of benzene rings is 2. The highest BCUT2D eigenvalue weighted by Gasteiger charge is 2.28. The first-order chi connectivity index (χ1) is 14.4. The van der Waals surface area contributed by atoms with Crippen LogP contribution in [0.15, 0.2) is 36.4 Å². The van der Waals surface area contributed by atoms with Crippen molar-refractivity contribution >= 4 is 17.2 Å². The second kappa shape index (κ2) is 8.86. The summed E-state index contributed by atoms with van der Waals surface area (Å²) in [5, 5.41) is 11.4. The molecule has 8 heteroatoms. The maximum atomic E-state index is 13.0. The Morgan fingerprint density at radius 3 is 2.27 bits per heavy atom. The zero-order valence-corrected chi connectivity index (χ0v) is 17.4. The summed E-state index contributed by atoms with van der Waals surface area (Å²) in [6.45, 7) is 2.39. The summed E-state index contributed by atoms with van der Waals surface area (Å²) in [6.07, 6.45) is 2.49. The Kier molecular flexibility index (Phi) is 6.25. The fourth-order valence-corrected chi connectivity index (χ4v) is 3.65. The SMILES string of the molecule is COc1cc(OC)c(C2=CCN(C(=O)c3cccc(C)c3[N+](=O)[O-])CC2)c(OC)c1. The Bertz CT molecular complexity index is 990. The van der Waals surface area contributed by atoms with Crippen LogP contribution in [-0.4, -0.2) is 50.1 Å². The van der Waals surface area contributed by atoms with E-state index in [4.69, 9.17) is 14.2 Å². The summed E-state index contributed by atoms with van der Waals surface area (Å²) < 4.78 is 16.3. The average molecular weight is 412 g/mol. The quantitative estimate of drug-likeness (QED) is 0.529. The van der Waals surface area contributed by atoms with E-state index in [1.54, 1.807) is 57.4 Å². The van der Waals surface area contributed by atoms with Crippen molar-refractivity contribution in [2.24, 2.45) is 0 Å². The molecule has 1 aliphatic rings. The standard InChI is InChI=1S/C22H24N2O6/c1-14-6-5-7-17(21(14)24(26)27)22(25)23-10-8-15(9-11-23)20-18(29-3)12-16(28-2)13-19(20)30-4/h5-8,12-13H,9-11H2,1-4H3. The number of hydrogen-bond acceptors (Lipinski definition) is 6. The van der Waals surface area contributed by atoms with Gasteiger partial charge in [0.25, 0.3) is 11.6 Å². The van der Waals surface area contributed by atoms with E-state index in [1.807, 2.05) is 6.08 Å². The van der Waals surface area contributed by atoms with Crippen molar-refractivity contribution in [3.05, 3.63) is 63.2 Å². The molecule has 0 saturated carbocycles. The molecule has 0 fully saturated rings. The van der Waals surface area contributed by atoms with Gasteiger partial charge in [-0.05, 0) is 25.0 Å². The fourth-order valence-electron chi connectivity index (χ4n) is 3.65. The minimum atomic E-state index is -0.499. The van der Waals surface area contributed by atoms with Crippen LogP contribution in [0.4, 0.5) is 5.69 Å². The van der Waals surface area contributed by atoms with Crippen LogP contribution in [0.5, 0.6) is 17.2 Å². The molecular formula is C22H24N2O6. The van der Waals surface area contributed by atoms with E-state index < -0.39 is 4.92 Å². The predicted molar refractivity (Wildman–Crippen MR) is 112 cm³/mol. The Balaban J connectivity index is 1.91. The van der Waals surface area contributed by atoms with Gasteiger partial charge < -0.3 is 19.1 Å². The van der Waals surface area contributed by atoms with Crippen LogP contribution in [0, 0.1) is 17.0 Å². The molecule has 0 aliphatic carbocycles. The number of carbonyl (C=O) groups excluding carboxylic acids is 1. The molecule has 158 valence electrons. The van der Waals surface area contributed by atoms with Crippen molar-refractivity contribution in [2.75, 3.05) is 34.4 Å². The molecule has 0 bridgehead atoms. The first kappa shape index (κ1) is 21.2. The number of para-hydroxylation sites is 1. The van der Waals surface area contributed by atoms with E-state index in [-0.39, 0.29) is 17.2 Å². The van der Waals surface area contributed by atoms with E-state index in [0.29, 0.717) is 42.3 Å². The van der Waals surface area contributed by atoms with E-state index in [9.17, 15) is 14.9 Å². The Hall–Kier alpha value is -3.55. The van der Waals surface area contributed by atoms with Gasteiger partial charge in [0.05, 0.1) is 31.8 Å². The molecular weight excluding hydrogens is 388 g/mol. The van der Waals surface area contributed by atoms with Crippen LogP contribution >= 0.6 is 0 Å². The molecule has 0 saturated heterocycles. The molecule has 0 N–H and O–H groups in total. The van der Waals surface area contributed by atoms with Gasteiger partial charge in [-0.25, -0.2) is 0 Å². The number of ether oxygens (including phenoxy) is 3. The summed E-state index contributed by atoms with van der Waals surface area (Å²) in [5.74, 6) is 1.50. The number of nitro groups is 1. The number of amides is 1. The van der Waals surface area contributed by atoms with Gasteiger partial charge in [-0.1, -0.05) is 18.2 Å². The summed E-state index contributed by atoms with van der Waals surface area (Å²) in [6, 6.07) is 8.36. The van der Waals surface area contributed by atoms with Crippen molar-refractivity contribution in [2.45, 2.75) is 13.3 Å². The topological polar surface area (TPSA) is 91.1 Å². The normalized spacial score (nSPS) is 13.5. The maximum absolute atomic E-state index is 13.0. The summed E-state index contributed by atoms with van der Waals surface area (Å²) in [7, 11) is 4.73. The third kappa shape index (κ3) is 3.94. The predicted octanol–water partition coefficient (Wildman–Crippen LogP) is 3.86. The molecule has 0 unspecified atom stereocenters. The van der Waals surface area contributed by atoms with Crippen LogP contribution in [0.25, 0.3) is 5.57 Å². The molecule has 1 aliphatic heterocycles. The van der Waals surface area contributed by atoms with E-state index in [2.05, 4.69) is 0 Å². The maximum Gasteiger partial charge on any atom is 0.285 e. The van der Waals surface area contributed by atoms with Crippen molar-refractivity contribution in [1.29, 1.82) is 0 Å². The van der Waals surface area contributed by atoms with Gasteiger partial charge in [0.1, 0.15) is 22.8 Å². The summed E-state index contributed by atoms with van der Waals surface area (Å²) >= 11 is 0. The largest absolute Gasteiger partial charge is 0.496 e. The van der Waals surface area contributed by atoms with Crippen LogP contribution in [-0.2, 0) is 0 Å². The van der Waals surface area contributed by atoms with Gasteiger partial charge in [-0.15, -0.1) is 0 Å². The van der Waals surface area contributed by atoms with Crippen molar-refractivity contribution in [3.8, 4) is 17.2 Å². The monoisotopic (exact) mass is 412 g/mol. The van der Waals surface area contributed by atoms with E-state index >= 15 is 0 Å². The van der Waals surface area contributed by atoms with Gasteiger partial charge in [-0.3, -0.25) is 14.9 Å². The molecule has 8 nitrogen and oxygen atoms in total. The first-order valence-electron chi connectivity index (χ1n) is 9.44. The molecule has 1 heterocycles. The Morgan fingerprint density at radius 1 is 1.10 bits per heavy atom. The minimum Gasteiger partial charge on any atom is -0.496 e. The van der Waals surface area contributed by atoms with Crippen molar-refractivity contribution < 1.29 is 23.9 Å². The minimum absolute atomic E-state index is 0.108. The van der Waals surface area contributed by atoms with Crippen molar-refractivity contribution in [1.82, 2.24) is 4.90 Å². The van der Waals surface area contributed by atoms with Crippen LogP contribution in [0.1, 0.15) is 27.9 Å². The van der Waals surface area contributed by atoms with Gasteiger partial charge >= 0.3 is 0 Å². The number of hydrogen-bond donors (Lipinski definition) is 0. The Labute approximate surface area is 174 Å². The lowest BCUT2D eigenvalue weighted by Crippen LogP contribution is -2.35. The third-order valence-electron chi connectivity index (χ3n) is 5.18. The summed E-state index contributed by atoms with van der Waals surface area (Å²) in [4.78, 5) is 25.5. The van der Waals surface area contributed by atoms with Gasteiger partial charge in [-0.2, -0.15) is 0 Å². The fraction of sp³-hybridized carbons (Fsp3) is 0.318.